The first kappa shape index (κ1) is 18.1. The Bertz CT molecular complexity index is 706. The van der Waals surface area contributed by atoms with E-state index in [1.807, 2.05) is 6.08 Å². The Morgan fingerprint density at radius 3 is 2.75 bits per heavy atom. The normalized spacial score (nSPS) is 10.6. The third-order valence-electron chi connectivity index (χ3n) is 4.27. The third kappa shape index (κ3) is 4.60. The molecule has 1 amide bonds. The van der Waals surface area contributed by atoms with Crippen molar-refractivity contribution in [2.45, 2.75) is 39.0 Å². The zero-order chi connectivity index (χ0) is 17.4. The number of nitrogens with one attached hydrogen (secondary N) is 1. The summed E-state index contributed by atoms with van der Waals surface area (Å²) in [6.45, 7) is 6.00. The van der Waals surface area contributed by atoms with Gasteiger partial charge in [-0.2, -0.15) is 0 Å². The van der Waals surface area contributed by atoms with Gasteiger partial charge in [-0.25, -0.2) is 0 Å². The number of aryl methyl sites for hydroxylation is 1. The second-order valence-electron chi connectivity index (χ2n) is 6.03. The zero-order valence-corrected chi connectivity index (χ0v) is 14.7. The molecule has 0 fully saturated rings. The van der Waals surface area contributed by atoms with E-state index < -0.39 is 0 Å². The molecule has 0 aliphatic carbocycles. The standard InChI is InChI=1S/C21H27NO2/c1-4-5-6-7-11-19-20(24-3)13-12-17-9-8-10-18(21(17)19)14-15-22-16(2)23/h4,8-10,12-13H,1,5-7,11,14-15H2,2-3H3,(H,22,23). The highest BCUT2D eigenvalue weighted by molar-refractivity contribution is 5.91. The van der Waals surface area contributed by atoms with Gasteiger partial charge in [0, 0.05) is 19.0 Å². The molecule has 0 aliphatic rings. The van der Waals surface area contributed by atoms with E-state index in [1.54, 1.807) is 14.0 Å². The molecular formula is C21H27NO2. The van der Waals surface area contributed by atoms with Crippen molar-refractivity contribution in [1.82, 2.24) is 5.32 Å². The van der Waals surface area contributed by atoms with Crippen molar-refractivity contribution in [3.63, 3.8) is 0 Å². The first-order valence-corrected chi connectivity index (χ1v) is 8.60. The molecule has 0 aliphatic heterocycles. The average Bonchev–Trinajstić information content (AvgIpc) is 2.58. The molecule has 0 spiro atoms. The minimum atomic E-state index is 0.0115. The van der Waals surface area contributed by atoms with Crippen LogP contribution in [0.4, 0.5) is 0 Å². The van der Waals surface area contributed by atoms with Crippen LogP contribution in [0.5, 0.6) is 5.75 Å². The van der Waals surface area contributed by atoms with Gasteiger partial charge in [-0.15, -0.1) is 6.58 Å². The number of ether oxygens (including phenoxy) is 1. The van der Waals surface area contributed by atoms with Crippen LogP contribution in [0, 0.1) is 0 Å². The van der Waals surface area contributed by atoms with Gasteiger partial charge in [-0.3, -0.25) is 4.79 Å². The smallest absolute Gasteiger partial charge is 0.216 e. The van der Waals surface area contributed by atoms with Crippen molar-refractivity contribution >= 4 is 16.7 Å². The van der Waals surface area contributed by atoms with E-state index in [0.29, 0.717) is 6.54 Å². The van der Waals surface area contributed by atoms with Gasteiger partial charge in [0.1, 0.15) is 5.75 Å². The molecule has 0 saturated heterocycles. The number of unbranched alkanes of at least 4 members (excludes halogenated alkanes) is 2. The molecule has 2 aromatic rings. The molecular weight excluding hydrogens is 298 g/mol. The molecule has 0 saturated carbocycles. The Hall–Kier alpha value is -2.29. The third-order valence-corrected chi connectivity index (χ3v) is 4.27. The topological polar surface area (TPSA) is 38.3 Å². The van der Waals surface area contributed by atoms with E-state index in [2.05, 4.69) is 42.2 Å². The molecule has 0 bridgehead atoms. The Morgan fingerprint density at radius 2 is 2.04 bits per heavy atom. The quantitative estimate of drug-likeness (QED) is 0.547. The Kier molecular flexibility index (Phi) is 6.86. The SMILES string of the molecule is C=CCCCCc1c(OC)ccc2cccc(CCNC(C)=O)c12. The van der Waals surface area contributed by atoms with Crippen LogP contribution in [0.15, 0.2) is 43.0 Å². The van der Waals surface area contributed by atoms with Gasteiger partial charge in [0.25, 0.3) is 0 Å². The number of benzene rings is 2. The molecule has 3 nitrogen and oxygen atoms in total. The second kappa shape index (κ2) is 9.11. The molecule has 2 aromatic carbocycles. The van der Waals surface area contributed by atoms with Crippen molar-refractivity contribution in [2.75, 3.05) is 13.7 Å². The van der Waals surface area contributed by atoms with Crippen LogP contribution in [-0.4, -0.2) is 19.6 Å². The highest BCUT2D eigenvalue weighted by Gasteiger charge is 2.12. The van der Waals surface area contributed by atoms with Gasteiger partial charge in [-0.05, 0) is 54.5 Å². The molecule has 3 heteroatoms. The van der Waals surface area contributed by atoms with Crippen LogP contribution >= 0.6 is 0 Å². The van der Waals surface area contributed by atoms with Gasteiger partial charge in [0.15, 0.2) is 0 Å². The van der Waals surface area contributed by atoms with Crippen molar-refractivity contribution in [2.24, 2.45) is 0 Å². The highest BCUT2D eigenvalue weighted by Crippen LogP contribution is 2.32. The number of hydrogen-bond acceptors (Lipinski definition) is 2. The van der Waals surface area contributed by atoms with Crippen LogP contribution in [0.1, 0.15) is 37.3 Å². The van der Waals surface area contributed by atoms with Crippen LogP contribution in [-0.2, 0) is 17.6 Å². The summed E-state index contributed by atoms with van der Waals surface area (Å²) in [5, 5.41) is 5.40. The first-order valence-electron chi connectivity index (χ1n) is 8.60. The van der Waals surface area contributed by atoms with E-state index in [0.717, 1.165) is 37.9 Å². The summed E-state index contributed by atoms with van der Waals surface area (Å²) < 4.78 is 5.62. The molecule has 0 atom stereocenters. The zero-order valence-electron chi connectivity index (χ0n) is 14.7. The van der Waals surface area contributed by atoms with Crippen molar-refractivity contribution in [3.05, 3.63) is 54.1 Å². The lowest BCUT2D eigenvalue weighted by Gasteiger charge is -2.16. The Morgan fingerprint density at radius 1 is 1.21 bits per heavy atom. The largest absolute Gasteiger partial charge is 0.496 e. The fraction of sp³-hybridized carbons (Fsp3) is 0.381. The summed E-state index contributed by atoms with van der Waals surface area (Å²) >= 11 is 0. The molecule has 24 heavy (non-hydrogen) atoms. The number of rotatable bonds is 9. The van der Waals surface area contributed by atoms with Gasteiger partial charge in [0.2, 0.25) is 5.91 Å². The van der Waals surface area contributed by atoms with E-state index in [-0.39, 0.29) is 5.91 Å². The Balaban J connectivity index is 2.34. The summed E-state index contributed by atoms with van der Waals surface area (Å²) in [6.07, 6.45) is 7.08. The molecule has 0 aromatic heterocycles. The number of allylic oxidation sites excluding steroid dienone is 1. The van der Waals surface area contributed by atoms with Crippen LogP contribution in [0.25, 0.3) is 10.8 Å². The molecule has 2 rings (SSSR count). The minimum Gasteiger partial charge on any atom is -0.496 e. The summed E-state index contributed by atoms with van der Waals surface area (Å²) in [6, 6.07) is 10.5. The number of fused-ring (bicyclic) bond motifs is 1. The maximum atomic E-state index is 11.1. The molecule has 0 heterocycles. The van der Waals surface area contributed by atoms with Gasteiger partial charge < -0.3 is 10.1 Å². The van der Waals surface area contributed by atoms with Crippen molar-refractivity contribution in [1.29, 1.82) is 0 Å². The van der Waals surface area contributed by atoms with E-state index in [4.69, 9.17) is 4.74 Å². The number of carbonyl (C=O) groups excluding carboxylic acids is 1. The fourth-order valence-corrected chi connectivity index (χ4v) is 3.13. The second-order valence-corrected chi connectivity index (χ2v) is 6.03. The summed E-state index contributed by atoms with van der Waals surface area (Å²) in [4.78, 5) is 11.1. The lowest BCUT2D eigenvalue weighted by Crippen LogP contribution is -2.22. The van der Waals surface area contributed by atoms with E-state index in [9.17, 15) is 4.79 Å². The van der Waals surface area contributed by atoms with Crippen LogP contribution < -0.4 is 10.1 Å². The predicted molar refractivity (Wildman–Crippen MR) is 101 cm³/mol. The van der Waals surface area contributed by atoms with Crippen LogP contribution in [0.3, 0.4) is 0 Å². The Labute approximate surface area is 144 Å². The number of methoxy groups -OCH3 is 1. The average molecular weight is 325 g/mol. The van der Waals surface area contributed by atoms with Crippen molar-refractivity contribution in [3.8, 4) is 5.75 Å². The first-order chi connectivity index (χ1) is 11.7. The van der Waals surface area contributed by atoms with Crippen molar-refractivity contribution < 1.29 is 9.53 Å². The monoisotopic (exact) mass is 325 g/mol. The van der Waals surface area contributed by atoms with Gasteiger partial charge in [-0.1, -0.05) is 30.3 Å². The molecule has 1 N–H and O–H groups in total. The highest BCUT2D eigenvalue weighted by atomic mass is 16.5. The number of carbonyl (C=O) groups is 1. The maximum Gasteiger partial charge on any atom is 0.216 e. The lowest BCUT2D eigenvalue weighted by molar-refractivity contribution is -0.118. The summed E-state index contributed by atoms with van der Waals surface area (Å²) in [5.41, 5.74) is 2.54. The maximum absolute atomic E-state index is 11.1. The predicted octanol–water partition coefficient (Wildman–Crippen LogP) is 4.43. The van der Waals surface area contributed by atoms with Gasteiger partial charge >= 0.3 is 0 Å². The molecule has 0 unspecified atom stereocenters. The minimum absolute atomic E-state index is 0.0115. The van der Waals surface area contributed by atoms with E-state index >= 15 is 0 Å². The molecule has 128 valence electrons. The lowest BCUT2D eigenvalue weighted by atomic mass is 9.93. The van der Waals surface area contributed by atoms with Crippen LogP contribution in [0.2, 0.25) is 0 Å². The van der Waals surface area contributed by atoms with Gasteiger partial charge in [0.05, 0.1) is 7.11 Å². The van der Waals surface area contributed by atoms with E-state index in [1.165, 1.54) is 21.9 Å². The number of amides is 1. The number of hydrogen-bond donors (Lipinski definition) is 1. The molecule has 0 radical (unpaired) electrons. The summed E-state index contributed by atoms with van der Waals surface area (Å²) in [5.74, 6) is 0.963. The fourth-order valence-electron chi connectivity index (χ4n) is 3.13. The summed E-state index contributed by atoms with van der Waals surface area (Å²) in [7, 11) is 1.73.